The van der Waals surface area contributed by atoms with Crippen molar-refractivity contribution >= 4 is 17.9 Å². The molecule has 2 aromatic rings. The summed E-state index contributed by atoms with van der Waals surface area (Å²) >= 11 is 0. The summed E-state index contributed by atoms with van der Waals surface area (Å²) < 4.78 is 5.56. The molecule has 1 saturated heterocycles. The van der Waals surface area contributed by atoms with E-state index in [0.717, 1.165) is 37.0 Å². The molecule has 1 aromatic heterocycles. The standard InChI is InChI=1S/C23H25N5O3/c1-15-11-16(12-24)4-6-19(15)20-14-27-28(23(20)30)21-7-5-17(13-26-21)22(29)25-9-8-18-3-2-10-31-18/h4-7,11,13-14,18,20,23,30H,2-3,8-10H2,1H3,(H,25,29). The first-order chi connectivity index (χ1) is 15.1. The van der Waals surface area contributed by atoms with Crippen molar-refractivity contribution in [3.05, 3.63) is 58.8 Å². The van der Waals surface area contributed by atoms with E-state index in [1.165, 1.54) is 11.2 Å². The number of nitrogens with one attached hydrogen (secondary N) is 1. The number of anilines is 1. The van der Waals surface area contributed by atoms with Gasteiger partial charge in [0.15, 0.2) is 12.0 Å². The van der Waals surface area contributed by atoms with Crippen molar-refractivity contribution < 1.29 is 14.6 Å². The Morgan fingerprint density at radius 3 is 2.94 bits per heavy atom. The minimum atomic E-state index is -0.926. The van der Waals surface area contributed by atoms with Crippen LogP contribution in [-0.2, 0) is 4.74 Å². The molecule has 4 rings (SSSR count). The number of ether oxygens (including phenoxy) is 1. The molecule has 0 radical (unpaired) electrons. The van der Waals surface area contributed by atoms with Crippen molar-refractivity contribution in [3.63, 3.8) is 0 Å². The molecule has 8 nitrogen and oxygen atoms in total. The number of rotatable bonds is 6. The zero-order chi connectivity index (χ0) is 21.8. The number of nitriles is 1. The number of aromatic nitrogens is 1. The second-order valence-electron chi connectivity index (χ2n) is 7.82. The molecular formula is C23H25N5O3. The molecule has 2 N–H and O–H groups in total. The summed E-state index contributed by atoms with van der Waals surface area (Å²) in [6.07, 6.45) is 5.41. The van der Waals surface area contributed by atoms with Gasteiger partial charge in [0.2, 0.25) is 0 Å². The summed E-state index contributed by atoms with van der Waals surface area (Å²) in [6, 6.07) is 10.8. The summed E-state index contributed by atoms with van der Waals surface area (Å²) in [5.41, 5.74) is 2.85. The smallest absolute Gasteiger partial charge is 0.252 e. The molecule has 0 bridgehead atoms. The molecule has 2 aliphatic heterocycles. The average Bonchev–Trinajstić information content (AvgIpc) is 3.43. The lowest BCUT2D eigenvalue weighted by molar-refractivity contribution is 0.0907. The summed E-state index contributed by atoms with van der Waals surface area (Å²) in [6.45, 7) is 3.27. The third kappa shape index (κ3) is 4.58. The number of aliphatic hydroxyl groups excluding tert-OH is 1. The average molecular weight is 419 g/mol. The Morgan fingerprint density at radius 1 is 1.39 bits per heavy atom. The lowest BCUT2D eigenvalue weighted by Crippen LogP contribution is -2.32. The van der Waals surface area contributed by atoms with Gasteiger partial charge in [0.25, 0.3) is 5.91 Å². The van der Waals surface area contributed by atoms with Gasteiger partial charge in [-0.1, -0.05) is 6.07 Å². The van der Waals surface area contributed by atoms with Crippen LogP contribution in [0.5, 0.6) is 0 Å². The van der Waals surface area contributed by atoms with Crippen LogP contribution in [0.15, 0.2) is 41.6 Å². The lowest BCUT2D eigenvalue weighted by Gasteiger charge is -2.23. The maximum absolute atomic E-state index is 12.3. The lowest BCUT2D eigenvalue weighted by atomic mass is 9.93. The predicted molar refractivity (Wildman–Crippen MR) is 116 cm³/mol. The van der Waals surface area contributed by atoms with Crippen LogP contribution in [0.25, 0.3) is 0 Å². The van der Waals surface area contributed by atoms with E-state index in [9.17, 15) is 9.90 Å². The molecule has 160 valence electrons. The van der Waals surface area contributed by atoms with Crippen LogP contribution in [-0.4, -0.2) is 47.7 Å². The highest BCUT2D eigenvalue weighted by atomic mass is 16.5. The number of hydrazone groups is 1. The Labute approximate surface area is 181 Å². The Balaban J connectivity index is 1.37. The van der Waals surface area contributed by atoms with Crippen molar-refractivity contribution in [2.24, 2.45) is 5.10 Å². The number of aryl methyl sites for hydroxylation is 1. The zero-order valence-corrected chi connectivity index (χ0v) is 17.4. The quantitative estimate of drug-likeness (QED) is 0.744. The van der Waals surface area contributed by atoms with Crippen molar-refractivity contribution in [2.75, 3.05) is 18.2 Å². The molecular weight excluding hydrogens is 394 g/mol. The van der Waals surface area contributed by atoms with Crippen LogP contribution in [0.4, 0.5) is 5.82 Å². The van der Waals surface area contributed by atoms with E-state index in [1.807, 2.05) is 13.0 Å². The summed E-state index contributed by atoms with van der Waals surface area (Å²) in [5.74, 6) is -0.0719. The molecule has 2 aliphatic rings. The number of hydrogen-bond acceptors (Lipinski definition) is 7. The van der Waals surface area contributed by atoms with Crippen LogP contribution in [0, 0.1) is 18.3 Å². The number of benzene rings is 1. The van der Waals surface area contributed by atoms with Gasteiger partial charge in [-0.3, -0.25) is 4.79 Å². The Hall–Kier alpha value is -3.28. The number of hydrogen-bond donors (Lipinski definition) is 2. The van der Waals surface area contributed by atoms with E-state index in [0.29, 0.717) is 23.5 Å². The minimum Gasteiger partial charge on any atom is -0.378 e. The first kappa shape index (κ1) is 21.0. The summed E-state index contributed by atoms with van der Waals surface area (Å²) in [7, 11) is 0. The number of nitrogens with zero attached hydrogens (tertiary/aromatic N) is 4. The highest BCUT2D eigenvalue weighted by molar-refractivity contribution is 5.94. The normalized spacial score (nSPS) is 22.5. The monoisotopic (exact) mass is 419 g/mol. The fourth-order valence-corrected chi connectivity index (χ4v) is 3.97. The van der Waals surface area contributed by atoms with E-state index in [1.54, 1.807) is 30.5 Å². The van der Waals surface area contributed by atoms with Crippen LogP contribution in [0.2, 0.25) is 0 Å². The maximum atomic E-state index is 12.3. The van der Waals surface area contributed by atoms with E-state index < -0.39 is 6.23 Å². The summed E-state index contributed by atoms with van der Waals surface area (Å²) in [5, 5.41) is 28.5. The van der Waals surface area contributed by atoms with Gasteiger partial charge < -0.3 is 15.2 Å². The Kier molecular flexibility index (Phi) is 6.26. The van der Waals surface area contributed by atoms with Gasteiger partial charge in [-0.05, 0) is 61.6 Å². The number of amides is 1. The van der Waals surface area contributed by atoms with Gasteiger partial charge in [0, 0.05) is 25.6 Å². The highest BCUT2D eigenvalue weighted by Crippen LogP contribution is 2.31. The van der Waals surface area contributed by atoms with Crippen molar-refractivity contribution in [1.82, 2.24) is 10.3 Å². The number of aliphatic hydroxyl groups is 1. The van der Waals surface area contributed by atoms with Crippen molar-refractivity contribution in [1.29, 1.82) is 5.26 Å². The number of pyridine rings is 1. The maximum Gasteiger partial charge on any atom is 0.252 e. The fraction of sp³-hybridized carbons (Fsp3) is 0.391. The predicted octanol–water partition coefficient (Wildman–Crippen LogP) is 2.47. The van der Waals surface area contributed by atoms with E-state index in [-0.39, 0.29) is 17.9 Å². The second kappa shape index (κ2) is 9.25. The molecule has 3 heterocycles. The Bertz CT molecular complexity index is 1010. The molecule has 3 atom stereocenters. The Morgan fingerprint density at radius 2 is 2.26 bits per heavy atom. The van der Waals surface area contributed by atoms with Gasteiger partial charge >= 0.3 is 0 Å². The SMILES string of the molecule is Cc1cc(C#N)ccc1C1C=NN(c2ccc(C(=O)NCCC3CCCO3)cn2)C1O. The molecule has 31 heavy (non-hydrogen) atoms. The van der Waals surface area contributed by atoms with Gasteiger partial charge in [-0.15, -0.1) is 0 Å². The minimum absolute atomic E-state index is 0.186. The van der Waals surface area contributed by atoms with Gasteiger partial charge in [-0.2, -0.15) is 10.4 Å². The van der Waals surface area contributed by atoms with Crippen molar-refractivity contribution in [2.45, 2.75) is 44.4 Å². The third-order valence-corrected chi connectivity index (χ3v) is 5.70. The summed E-state index contributed by atoms with van der Waals surface area (Å²) in [4.78, 5) is 16.7. The third-order valence-electron chi connectivity index (χ3n) is 5.70. The number of carbonyl (C=O) groups is 1. The van der Waals surface area contributed by atoms with Gasteiger partial charge in [0.1, 0.15) is 0 Å². The molecule has 1 fully saturated rings. The van der Waals surface area contributed by atoms with Crippen LogP contribution >= 0.6 is 0 Å². The second-order valence-corrected chi connectivity index (χ2v) is 7.82. The molecule has 3 unspecified atom stereocenters. The van der Waals surface area contributed by atoms with Gasteiger partial charge in [-0.25, -0.2) is 9.99 Å². The fourth-order valence-electron chi connectivity index (χ4n) is 3.97. The molecule has 1 amide bonds. The topological polar surface area (TPSA) is 111 Å². The van der Waals surface area contributed by atoms with Crippen molar-refractivity contribution in [3.8, 4) is 6.07 Å². The largest absolute Gasteiger partial charge is 0.378 e. The number of carbonyl (C=O) groups excluding carboxylic acids is 1. The van der Waals surface area contributed by atoms with Crippen LogP contribution < -0.4 is 10.3 Å². The van der Waals surface area contributed by atoms with E-state index >= 15 is 0 Å². The highest BCUT2D eigenvalue weighted by Gasteiger charge is 2.33. The first-order valence-electron chi connectivity index (χ1n) is 10.4. The molecule has 0 aliphatic carbocycles. The van der Waals surface area contributed by atoms with Crippen LogP contribution in [0.3, 0.4) is 0 Å². The van der Waals surface area contributed by atoms with E-state index in [2.05, 4.69) is 21.5 Å². The van der Waals surface area contributed by atoms with Crippen LogP contribution in [0.1, 0.15) is 52.2 Å². The molecule has 0 spiro atoms. The van der Waals surface area contributed by atoms with E-state index in [4.69, 9.17) is 10.00 Å². The first-order valence-corrected chi connectivity index (χ1v) is 10.4. The molecule has 1 aromatic carbocycles. The molecule has 8 heteroatoms. The zero-order valence-electron chi connectivity index (χ0n) is 17.4. The van der Waals surface area contributed by atoms with Gasteiger partial charge in [0.05, 0.1) is 29.2 Å². The molecule has 0 saturated carbocycles.